The van der Waals surface area contributed by atoms with Gasteiger partial charge in [-0.05, 0) is 25.3 Å². The van der Waals surface area contributed by atoms with Crippen LogP contribution in [0.5, 0.6) is 0 Å². The van der Waals surface area contributed by atoms with E-state index in [-0.39, 0.29) is 5.91 Å². The van der Waals surface area contributed by atoms with Crippen LogP contribution in [0.2, 0.25) is 0 Å². The number of carbonyl (C=O) groups is 1. The standard InChI is InChI=1S/C14H21N3OS/c1-11-9-17(8-7-15-11)10-14(18)16-12-5-3-4-6-13(12)19-2/h3-6,11,15H,7-10H2,1-2H3,(H,16,18)/t11-/m1/s1. The third-order valence-electron chi connectivity index (χ3n) is 3.20. The zero-order chi connectivity index (χ0) is 13.7. The Balaban J connectivity index is 1.90. The molecule has 0 saturated carbocycles. The van der Waals surface area contributed by atoms with Crippen molar-refractivity contribution in [1.29, 1.82) is 0 Å². The van der Waals surface area contributed by atoms with E-state index in [9.17, 15) is 4.79 Å². The molecule has 1 saturated heterocycles. The SMILES string of the molecule is CSc1ccccc1NC(=O)CN1CCN[C@H](C)C1. The van der Waals surface area contributed by atoms with E-state index in [2.05, 4.69) is 22.5 Å². The van der Waals surface area contributed by atoms with Gasteiger partial charge in [0.25, 0.3) is 0 Å². The molecule has 0 spiro atoms. The summed E-state index contributed by atoms with van der Waals surface area (Å²) >= 11 is 1.65. The van der Waals surface area contributed by atoms with Gasteiger partial charge in [0.05, 0.1) is 12.2 Å². The summed E-state index contributed by atoms with van der Waals surface area (Å²) in [6, 6.07) is 8.36. The van der Waals surface area contributed by atoms with E-state index in [1.54, 1.807) is 11.8 Å². The van der Waals surface area contributed by atoms with Crippen molar-refractivity contribution in [2.24, 2.45) is 0 Å². The van der Waals surface area contributed by atoms with Crippen LogP contribution in [0.25, 0.3) is 0 Å². The summed E-state index contributed by atoms with van der Waals surface area (Å²) in [5.74, 6) is 0.0654. The number of amides is 1. The van der Waals surface area contributed by atoms with E-state index in [0.717, 1.165) is 30.2 Å². The molecule has 1 aliphatic rings. The lowest BCUT2D eigenvalue weighted by Gasteiger charge is -2.31. The van der Waals surface area contributed by atoms with E-state index < -0.39 is 0 Å². The Morgan fingerprint density at radius 2 is 2.32 bits per heavy atom. The third-order valence-corrected chi connectivity index (χ3v) is 4.00. The average molecular weight is 279 g/mol. The van der Waals surface area contributed by atoms with Crippen molar-refractivity contribution in [1.82, 2.24) is 10.2 Å². The Kier molecular flexibility index (Phi) is 5.24. The van der Waals surface area contributed by atoms with Crippen molar-refractivity contribution in [2.75, 3.05) is 37.8 Å². The van der Waals surface area contributed by atoms with Crippen LogP contribution in [0.1, 0.15) is 6.92 Å². The highest BCUT2D eigenvalue weighted by molar-refractivity contribution is 7.98. The van der Waals surface area contributed by atoms with Gasteiger partial charge in [0, 0.05) is 30.6 Å². The molecule has 1 fully saturated rings. The second-order valence-electron chi connectivity index (χ2n) is 4.84. The van der Waals surface area contributed by atoms with Crippen LogP contribution < -0.4 is 10.6 Å². The molecule has 2 N–H and O–H groups in total. The lowest BCUT2D eigenvalue weighted by Crippen LogP contribution is -2.51. The summed E-state index contributed by atoms with van der Waals surface area (Å²) in [5.41, 5.74) is 0.906. The molecular weight excluding hydrogens is 258 g/mol. The maximum atomic E-state index is 12.1. The van der Waals surface area contributed by atoms with Gasteiger partial charge in [0.2, 0.25) is 5.91 Å². The summed E-state index contributed by atoms with van der Waals surface area (Å²) in [6.07, 6.45) is 2.02. The maximum absolute atomic E-state index is 12.1. The van der Waals surface area contributed by atoms with Crippen LogP contribution >= 0.6 is 11.8 Å². The Morgan fingerprint density at radius 3 is 3.05 bits per heavy atom. The number of hydrogen-bond donors (Lipinski definition) is 2. The molecule has 0 aromatic heterocycles. The number of benzene rings is 1. The molecule has 0 radical (unpaired) electrons. The first-order valence-corrected chi connectivity index (χ1v) is 7.80. The quantitative estimate of drug-likeness (QED) is 0.823. The molecule has 1 amide bonds. The molecule has 19 heavy (non-hydrogen) atoms. The molecule has 1 heterocycles. The van der Waals surface area contributed by atoms with Crippen LogP contribution in [0.15, 0.2) is 29.2 Å². The highest BCUT2D eigenvalue weighted by Gasteiger charge is 2.18. The van der Waals surface area contributed by atoms with Gasteiger partial charge in [-0.1, -0.05) is 12.1 Å². The fourth-order valence-electron chi connectivity index (χ4n) is 2.30. The summed E-state index contributed by atoms with van der Waals surface area (Å²) in [5, 5.41) is 6.38. The normalized spacial score (nSPS) is 20.2. The maximum Gasteiger partial charge on any atom is 0.238 e. The van der Waals surface area contributed by atoms with Crippen molar-refractivity contribution in [2.45, 2.75) is 17.9 Å². The van der Waals surface area contributed by atoms with Gasteiger partial charge in [-0.2, -0.15) is 0 Å². The van der Waals surface area contributed by atoms with Crippen molar-refractivity contribution in [3.05, 3.63) is 24.3 Å². The van der Waals surface area contributed by atoms with Crippen molar-refractivity contribution in [3.8, 4) is 0 Å². The van der Waals surface area contributed by atoms with E-state index >= 15 is 0 Å². The predicted molar refractivity (Wildman–Crippen MR) is 80.8 cm³/mol. The van der Waals surface area contributed by atoms with E-state index in [0.29, 0.717) is 12.6 Å². The fraction of sp³-hybridized carbons (Fsp3) is 0.500. The number of para-hydroxylation sites is 1. The zero-order valence-corrected chi connectivity index (χ0v) is 12.3. The first-order chi connectivity index (χ1) is 9.19. The minimum Gasteiger partial charge on any atom is -0.324 e. The molecule has 1 aliphatic heterocycles. The predicted octanol–water partition coefficient (Wildman–Crippen LogP) is 1.64. The highest BCUT2D eigenvalue weighted by atomic mass is 32.2. The molecule has 0 bridgehead atoms. The van der Waals surface area contributed by atoms with Crippen molar-refractivity contribution in [3.63, 3.8) is 0 Å². The first-order valence-electron chi connectivity index (χ1n) is 6.57. The van der Waals surface area contributed by atoms with Crippen LogP contribution in [0.4, 0.5) is 5.69 Å². The number of anilines is 1. The molecule has 1 aromatic rings. The second kappa shape index (κ2) is 6.93. The van der Waals surface area contributed by atoms with Gasteiger partial charge in [0.15, 0.2) is 0 Å². The fourth-order valence-corrected chi connectivity index (χ4v) is 2.85. The minimum atomic E-state index is 0.0654. The van der Waals surface area contributed by atoms with E-state index in [1.165, 1.54) is 0 Å². The Hall–Kier alpha value is -1.04. The lowest BCUT2D eigenvalue weighted by atomic mass is 10.2. The largest absolute Gasteiger partial charge is 0.324 e. The molecule has 1 atom stereocenters. The third kappa shape index (κ3) is 4.23. The van der Waals surface area contributed by atoms with Gasteiger partial charge in [-0.3, -0.25) is 9.69 Å². The van der Waals surface area contributed by atoms with Gasteiger partial charge < -0.3 is 10.6 Å². The number of nitrogens with one attached hydrogen (secondary N) is 2. The number of thioether (sulfide) groups is 1. The molecule has 2 rings (SSSR count). The smallest absolute Gasteiger partial charge is 0.238 e. The van der Waals surface area contributed by atoms with Gasteiger partial charge in [0.1, 0.15) is 0 Å². The van der Waals surface area contributed by atoms with Crippen LogP contribution in [0, 0.1) is 0 Å². The summed E-state index contributed by atoms with van der Waals surface area (Å²) in [4.78, 5) is 15.4. The van der Waals surface area contributed by atoms with Gasteiger partial charge in [-0.15, -0.1) is 11.8 Å². The topological polar surface area (TPSA) is 44.4 Å². The van der Waals surface area contributed by atoms with Gasteiger partial charge in [-0.25, -0.2) is 0 Å². The lowest BCUT2D eigenvalue weighted by molar-refractivity contribution is -0.117. The highest BCUT2D eigenvalue weighted by Crippen LogP contribution is 2.24. The van der Waals surface area contributed by atoms with Crippen LogP contribution in [0.3, 0.4) is 0 Å². The number of rotatable bonds is 4. The molecule has 0 unspecified atom stereocenters. The monoisotopic (exact) mass is 279 g/mol. The van der Waals surface area contributed by atoms with Crippen molar-refractivity contribution >= 4 is 23.4 Å². The van der Waals surface area contributed by atoms with E-state index in [4.69, 9.17) is 0 Å². The zero-order valence-electron chi connectivity index (χ0n) is 11.5. The Bertz CT molecular complexity index is 438. The number of nitrogens with zero attached hydrogens (tertiary/aromatic N) is 1. The average Bonchev–Trinajstić information content (AvgIpc) is 2.39. The molecule has 104 valence electrons. The van der Waals surface area contributed by atoms with Crippen molar-refractivity contribution < 1.29 is 4.79 Å². The second-order valence-corrected chi connectivity index (χ2v) is 5.69. The summed E-state index contributed by atoms with van der Waals surface area (Å²) < 4.78 is 0. The molecule has 1 aromatic carbocycles. The summed E-state index contributed by atoms with van der Waals surface area (Å²) in [7, 11) is 0. The molecule has 5 heteroatoms. The molecule has 4 nitrogen and oxygen atoms in total. The number of hydrogen-bond acceptors (Lipinski definition) is 4. The molecule has 0 aliphatic carbocycles. The first kappa shape index (κ1) is 14.4. The molecular formula is C14H21N3OS. The summed E-state index contributed by atoms with van der Waals surface area (Å²) in [6.45, 7) is 5.43. The van der Waals surface area contributed by atoms with Crippen LogP contribution in [-0.4, -0.2) is 49.3 Å². The Morgan fingerprint density at radius 1 is 1.53 bits per heavy atom. The van der Waals surface area contributed by atoms with E-state index in [1.807, 2.05) is 30.5 Å². The Labute approximate surface area is 118 Å². The van der Waals surface area contributed by atoms with Crippen LogP contribution in [-0.2, 0) is 4.79 Å². The minimum absolute atomic E-state index is 0.0654. The number of carbonyl (C=O) groups excluding carboxylic acids is 1. The number of piperazine rings is 1. The van der Waals surface area contributed by atoms with Gasteiger partial charge >= 0.3 is 0 Å².